The molecule has 1 aromatic carbocycles. The zero-order valence-corrected chi connectivity index (χ0v) is 14.5. The van der Waals surface area contributed by atoms with Crippen LogP contribution in [-0.2, 0) is 19.2 Å². The number of thioether (sulfide) groups is 1. The van der Waals surface area contributed by atoms with E-state index in [1.165, 1.54) is 23.8 Å². The van der Waals surface area contributed by atoms with Gasteiger partial charge in [-0.2, -0.15) is 0 Å². The van der Waals surface area contributed by atoms with Gasteiger partial charge in [-0.1, -0.05) is 29.8 Å². The van der Waals surface area contributed by atoms with E-state index in [-0.39, 0.29) is 23.8 Å². The summed E-state index contributed by atoms with van der Waals surface area (Å²) in [6.45, 7) is 2.02. The number of carbonyl (C=O) groups is 2. The lowest BCUT2D eigenvalue weighted by atomic mass is 10.1. The van der Waals surface area contributed by atoms with E-state index in [2.05, 4.69) is 5.48 Å². The summed E-state index contributed by atoms with van der Waals surface area (Å²) in [7, 11) is 1.45. The van der Waals surface area contributed by atoms with Gasteiger partial charge in [0.2, 0.25) is 5.91 Å². The molecule has 8 heteroatoms. The van der Waals surface area contributed by atoms with Crippen molar-refractivity contribution in [3.63, 3.8) is 0 Å². The van der Waals surface area contributed by atoms with Gasteiger partial charge in [0.1, 0.15) is 18.0 Å². The molecule has 1 saturated heterocycles. The summed E-state index contributed by atoms with van der Waals surface area (Å²) in [4.78, 5) is 31.2. The molecule has 6 nitrogen and oxygen atoms in total. The minimum Gasteiger partial charge on any atom is -0.375 e. The molecule has 2 atom stereocenters. The number of hydrogen-bond donors (Lipinski definition) is 1. The van der Waals surface area contributed by atoms with Gasteiger partial charge in [0.05, 0.1) is 6.61 Å². The third-order valence-electron chi connectivity index (χ3n) is 3.35. The second-order valence-electron chi connectivity index (χ2n) is 4.86. The zero-order chi connectivity index (χ0) is 16.8. The summed E-state index contributed by atoms with van der Waals surface area (Å²) in [5, 5.41) is 0.231. The monoisotopic (exact) mass is 358 g/mol. The molecule has 2 amide bonds. The number of amides is 2. The van der Waals surface area contributed by atoms with Crippen molar-refractivity contribution in [3.8, 4) is 0 Å². The maximum Gasteiger partial charge on any atom is 0.267 e. The van der Waals surface area contributed by atoms with E-state index in [1.54, 1.807) is 13.0 Å². The van der Waals surface area contributed by atoms with E-state index < -0.39 is 6.04 Å². The molecular weight excluding hydrogens is 340 g/mol. The number of nitrogens with zero attached hydrogens (tertiary/aromatic N) is 1. The molecule has 2 unspecified atom stereocenters. The Labute approximate surface area is 144 Å². The molecule has 0 saturated carbocycles. The van der Waals surface area contributed by atoms with Crippen LogP contribution >= 0.6 is 23.4 Å². The van der Waals surface area contributed by atoms with Gasteiger partial charge in [0.25, 0.3) is 5.91 Å². The second-order valence-corrected chi connectivity index (χ2v) is 6.38. The summed E-state index contributed by atoms with van der Waals surface area (Å²) < 4.78 is 4.94. The Balaban J connectivity index is 2.27. The minimum absolute atomic E-state index is 0.0973. The number of hydrogen-bond acceptors (Lipinski definition) is 5. The van der Waals surface area contributed by atoms with E-state index in [1.807, 2.05) is 18.2 Å². The fraction of sp³-hybridized carbons (Fsp3) is 0.467. The van der Waals surface area contributed by atoms with Crippen LogP contribution in [0.1, 0.15) is 17.9 Å². The molecule has 1 aliphatic heterocycles. The maximum absolute atomic E-state index is 12.5. The topological polar surface area (TPSA) is 67.9 Å². The minimum atomic E-state index is -0.629. The molecule has 1 aliphatic rings. The van der Waals surface area contributed by atoms with Crippen LogP contribution in [0.4, 0.5) is 0 Å². The van der Waals surface area contributed by atoms with Crippen molar-refractivity contribution < 1.29 is 19.2 Å². The molecular formula is C15H19ClN2O4S. The van der Waals surface area contributed by atoms with Crippen LogP contribution in [0.25, 0.3) is 0 Å². The Kier molecular flexibility index (Phi) is 6.71. The first-order chi connectivity index (χ1) is 11.1. The Morgan fingerprint density at radius 1 is 1.43 bits per heavy atom. The normalized spacial score (nSPS) is 20.6. The van der Waals surface area contributed by atoms with Crippen LogP contribution in [0, 0.1) is 0 Å². The number of hydroxylamine groups is 1. The Hall–Kier alpha value is -1.28. The van der Waals surface area contributed by atoms with Crippen LogP contribution in [0.15, 0.2) is 24.3 Å². The standard InChI is InChI=1S/C15H19ClN2O4S/c1-3-22-17-14(20)12-9-23-15(18(12)13(19)8-21-2)10-6-4-5-7-11(10)16/h4-7,12,15H,3,8-9H2,1-2H3,(H,17,20). The van der Waals surface area contributed by atoms with Crippen molar-refractivity contribution in [2.24, 2.45) is 0 Å². The van der Waals surface area contributed by atoms with Gasteiger partial charge in [-0.3, -0.25) is 14.4 Å². The van der Waals surface area contributed by atoms with Gasteiger partial charge >= 0.3 is 0 Å². The molecule has 1 fully saturated rings. The third-order valence-corrected chi connectivity index (χ3v) is 5.00. The number of benzene rings is 1. The van der Waals surface area contributed by atoms with Gasteiger partial charge in [0.15, 0.2) is 0 Å². The van der Waals surface area contributed by atoms with Crippen molar-refractivity contribution in [2.75, 3.05) is 26.1 Å². The van der Waals surface area contributed by atoms with Gasteiger partial charge in [-0.05, 0) is 13.0 Å². The lowest BCUT2D eigenvalue weighted by Crippen LogP contribution is -2.49. The maximum atomic E-state index is 12.5. The molecule has 0 spiro atoms. The fourth-order valence-electron chi connectivity index (χ4n) is 2.34. The summed E-state index contributed by atoms with van der Waals surface area (Å²) >= 11 is 7.74. The van der Waals surface area contributed by atoms with Crippen molar-refractivity contribution in [3.05, 3.63) is 34.9 Å². The van der Waals surface area contributed by atoms with E-state index in [4.69, 9.17) is 21.2 Å². The lowest BCUT2D eigenvalue weighted by Gasteiger charge is -2.29. The van der Waals surface area contributed by atoms with Gasteiger partial charge in [-0.15, -0.1) is 11.8 Å². The highest BCUT2D eigenvalue weighted by Gasteiger charge is 2.42. The predicted molar refractivity (Wildman–Crippen MR) is 88.9 cm³/mol. The average molecular weight is 359 g/mol. The van der Waals surface area contributed by atoms with Crippen molar-refractivity contribution in [1.82, 2.24) is 10.4 Å². The summed E-state index contributed by atoms with van der Waals surface area (Å²) in [5.41, 5.74) is 3.17. The first kappa shape index (κ1) is 18.1. The van der Waals surface area contributed by atoms with E-state index in [0.29, 0.717) is 17.4 Å². The second kappa shape index (κ2) is 8.54. The van der Waals surface area contributed by atoms with Crippen molar-refractivity contribution in [2.45, 2.75) is 18.3 Å². The zero-order valence-electron chi connectivity index (χ0n) is 13.0. The fourth-order valence-corrected chi connectivity index (χ4v) is 4.13. The van der Waals surface area contributed by atoms with E-state index >= 15 is 0 Å². The molecule has 0 bridgehead atoms. The highest BCUT2D eigenvalue weighted by Crippen LogP contribution is 2.43. The number of ether oxygens (including phenoxy) is 1. The van der Waals surface area contributed by atoms with E-state index in [0.717, 1.165) is 5.56 Å². The third kappa shape index (κ3) is 4.17. The van der Waals surface area contributed by atoms with E-state index in [9.17, 15) is 9.59 Å². The van der Waals surface area contributed by atoms with Gasteiger partial charge in [0, 0.05) is 23.4 Å². The van der Waals surface area contributed by atoms with Crippen LogP contribution in [0.3, 0.4) is 0 Å². The molecule has 0 aliphatic carbocycles. The van der Waals surface area contributed by atoms with Crippen LogP contribution in [0.5, 0.6) is 0 Å². The van der Waals surface area contributed by atoms with Crippen LogP contribution in [-0.4, -0.2) is 48.8 Å². The summed E-state index contributed by atoms with van der Waals surface area (Å²) in [6, 6.07) is 6.68. The molecule has 1 N–H and O–H groups in total. The van der Waals surface area contributed by atoms with Gasteiger partial charge < -0.3 is 9.64 Å². The molecule has 1 heterocycles. The summed E-state index contributed by atoms with van der Waals surface area (Å²) in [6.07, 6.45) is 0. The lowest BCUT2D eigenvalue weighted by molar-refractivity contribution is -0.147. The SMILES string of the molecule is CCONC(=O)C1CSC(c2ccccc2Cl)N1C(=O)COC. The molecule has 23 heavy (non-hydrogen) atoms. The molecule has 0 aromatic heterocycles. The van der Waals surface area contributed by atoms with Crippen LogP contribution < -0.4 is 5.48 Å². The molecule has 126 valence electrons. The smallest absolute Gasteiger partial charge is 0.267 e. The van der Waals surface area contributed by atoms with Gasteiger partial charge in [-0.25, -0.2) is 5.48 Å². The Morgan fingerprint density at radius 2 is 2.17 bits per heavy atom. The predicted octanol–water partition coefficient (Wildman–Crippen LogP) is 2.00. The number of rotatable bonds is 6. The number of halogens is 1. The molecule has 0 radical (unpaired) electrons. The highest BCUT2D eigenvalue weighted by atomic mass is 35.5. The molecule has 2 rings (SSSR count). The van der Waals surface area contributed by atoms with Crippen molar-refractivity contribution >= 4 is 35.2 Å². The average Bonchev–Trinajstić information content (AvgIpc) is 2.98. The number of methoxy groups -OCH3 is 1. The van der Waals surface area contributed by atoms with Crippen LogP contribution in [0.2, 0.25) is 5.02 Å². The highest BCUT2D eigenvalue weighted by molar-refractivity contribution is 7.99. The Bertz CT molecular complexity index is 572. The first-order valence-electron chi connectivity index (χ1n) is 7.17. The van der Waals surface area contributed by atoms with Crippen molar-refractivity contribution in [1.29, 1.82) is 0 Å². The summed E-state index contributed by atoms with van der Waals surface area (Å²) in [5.74, 6) is -0.151. The Morgan fingerprint density at radius 3 is 2.83 bits per heavy atom. The number of carbonyl (C=O) groups excluding carboxylic acids is 2. The largest absolute Gasteiger partial charge is 0.375 e. The quantitative estimate of drug-likeness (QED) is 0.788. The molecule has 1 aromatic rings. The number of nitrogens with one attached hydrogen (secondary N) is 1. The first-order valence-corrected chi connectivity index (χ1v) is 8.60.